The fourth-order valence-corrected chi connectivity index (χ4v) is 1.95. The molecule has 0 saturated heterocycles. The van der Waals surface area contributed by atoms with Crippen LogP contribution in [0.4, 0.5) is 5.69 Å². The maximum absolute atomic E-state index is 12.2. The van der Waals surface area contributed by atoms with Crippen LogP contribution in [0.25, 0.3) is 0 Å². The Morgan fingerprint density at radius 1 is 1.05 bits per heavy atom. The van der Waals surface area contributed by atoms with Crippen LogP contribution in [-0.4, -0.2) is 17.0 Å². The van der Waals surface area contributed by atoms with Gasteiger partial charge in [0.15, 0.2) is 0 Å². The number of nitrogens with one attached hydrogen (secondary N) is 1. The first-order valence-electron chi connectivity index (χ1n) is 6.50. The maximum Gasteiger partial charge on any atom is 0.307 e. The van der Waals surface area contributed by atoms with Crippen LogP contribution in [-0.2, 0) is 17.8 Å². The minimum Gasteiger partial charge on any atom is -0.481 e. The van der Waals surface area contributed by atoms with Crippen LogP contribution < -0.4 is 11.1 Å². The van der Waals surface area contributed by atoms with Gasteiger partial charge in [-0.05, 0) is 29.3 Å². The van der Waals surface area contributed by atoms with E-state index in [1.165, 1.54) is 0 Å². The summed E-state index contributed by atoms with van der Waals surface area (Å²) in [5.41, 5.74) is 8.02. The molecule has 0 aromatic heterocycles. The van der Waals surface area contributed by atoms with E-state index in [9.17, 15) is 9.59 Å². The van der Waals surface area contributed by atoms with E-state index >= 15 is 0 Å². The van der Waals surface area contributed by atoms with Crippen LogP contribution in [0.15, 0.2) is 48.5 Å². The van der Waals surface area contributed by atoms with E-state index in [1.54, 1.807) is 48.5 Å². The smallest absolute Gasteiger partial charge is 0.307 e. The van der Waals surface area contributed by atoms with Gasteiger partial charge in [-0.25, -0.2) is 0 Å². The zero-order valence-corrected chi connectivity index (χ0v) is 11.4. The number of carboxylic acid groups (broad SMARTS) is 1. The van der Waals surface area contributed by atoms with Crippen molar-refractivity contribution in [1.29, 1.82) is 0 Å². The van der Waals surface area contributed by atoms with Crippen LogP contribution in [0.3, 0.4) is 0 Å². The van der Waals surface area contributed by atoms with E-state index in [0.717, 1.165) is 5.56 Å². The maximum atomic E-state index is 12.2. The summed E-state index contributed by atoms with van der Waals surface area (Å²) in [6.45, 7) is 0.420. The molecule has 0 bridgehead atoms. The van der Waals surface area contributed by atoms with Gasteiger partial charge in [0, 0.05) is 17.8 Å². The second kappa shape index (κ2) is 6.67. The van der Waals surface area contributed by atoms with E-state index in [0.29, 0.717) is 23.4 Å². The van der Waals surface area contributed by atoms with Crippen LogP contribution >= 0.6 is 0 Å². The third-order valence-corrected chi connectivity index (χ3v) is 3.06. The van der Waals surface area contributed by atoms with Gasteiger partial charge in [0.2, 0.25) is 0 Å². The normalized spacial score (nSPS) is 10.1. The Morgan fingerprint density at radius 2 is 1.71 bits per heavy atom. The van der Waals surface area contributed by atoms with Crippen LogP contribution in [0.2, 0.25) is 0 Å². The number of rotatable bonds is 5. The van der Waals surface area contributed by atoms with Crippen LogP contribution in [0.1, 0.15) is 21.5 Å². The number of nitrogens with two attached hydrogens (primary N) is 1. The number of benzene rings is 2. The third-order valence-electron chi connectivity index (χ3n) is 3.06. The molecule has 0 radical (unpaired) electrons. The molecule has 1 amide bonds. The van der Waals surface area contributed by atoms with Crippen molar-refractivity contribution in [2.75, 3.05) is 5.32 Å². The van der Waals surface area contributed by atoms with E-state index < -0.39 is 5.97 Å². The molecule has 0 aliphatic carbocycles. The Morgan fingerprint density at radius 3 is 2.33 bits per heavy atom. The average Bonchev–Trinajstić information content (AvgIpc) is 2.49. The SMILES string of the molecule is NCc1ccc(C(=O)Nc2ccccc2CC(=O)O)cc1. The van der Waals surface area contributed by atoms with E-state index in [1.807, 2.05) is 0 Å². The first kappa shape index (κ1) is 14.7. The molecule has 4 N–H and O–H groups in total. The van der Waals surface area contributed by atoms with Gasteiger partial charge in [-0.3, -0.25) is 9.59 Å². The number of para-hydroxylation sites is 1. The molecule has 0 atom stereocenters. The van der Waals surface area contributed by atoms with Gasteiger partial charge < -0.3 is 16.2 Å². The first-order chi connectivity index (χ1) is 10.1. The molecule has 21 heavy (non-hydrogen) atoms. The fraction of sp³-hybridized carbons (Fsp3) is 0.125. The molecule has 0 unspecified atom stereocenters. The Labute approximate surface area is 122 Å². The fourth-order valence-electron chi connectivity index (χ4n) is 1.95. The molecule has 5 heteroatoms. The number of amides is 1. The highest BCUT2D eigenvalue weighted by atomic mass is 16.4. The van der Waals surface area contributed by atoms with Crippen molar-refractivity contribution in [1.82, 2.24) is 0 Å². The molecule has 2 aromatic carbocycles. The molecule has 5 nitrogen and oxygen atoms in total. The molecule has 2 aromatic rings. The molecule has 0 aliphatic rings. The summed E-state index contributed by atoms with van der Waals surface area (Å²) in [5, 5.41) is 11.6. The second-order valence-corrected chi connectivity index (χ2v) is 4.58. The summed E-state index contributed by atoms with van der Waals surface area (Å²) in [4.78, 5) is 23.0. The van der Waals surface area contributed by atoms with Gasteiger partial charge in [-0.1, -0.05) is 30.3 Å². The van der Waals surface area contributed by atoms with E-state index in [-0.39, 0.29) is 12.3 Å². The Bertz CT molecular complexity index is 651. The van der Waals surface area contributed by atoms with Crippen molar-refractivity contribution in [3.05, 3.63) is 65.2 Å². The van der Waals surface area contributed by atoms with Crippen molar-refractivity contribution in [3.63, 3.8) is 0 Å². The Hall–Kier alpha value is -2.66. The Balaban J connectivity index is 2.17. The number of carbonyl (C=O) groups excluding carboxylic acids is 1. The predicted octanol–water partition coefficient (Wildman–Crippen LogP) is 2.02. The highest BCUT2D eigenvalue weighted by Gasteiger charge is 2.10. The number of hydrogen-bond acceptors (Lipinski definition) is 3. The Kier molecular flexibility index (Phi) is 4.68. The van der Waals surface area contributed by atoms with Crippen molar-refractivity contribution in [3.8, 4) is 0 Å². The summed E-state index contributed by atoms with van der Waals surface area (Å²) in [5.74, 6) is -1.22. The van der Waals surface area contributed by atoms with Gasteiger partial charge in [-0.2, -0.15) is 0 Å². The molecule has 0 heterocycles. The second-order valence-electron chi connectivity index (χ2n) is 4.58. The van der Waals surface area contributed by atoms with Gasteiger partial charge >= 0.3 is 5.97 Å². The average molecular weight is 284 g/mol. The van der Waals surface area contributed by atoms with Gasteiger partial charge in [0.1, 0.15) is 0 Å². The predicted molar refractivity (Wildman–Crippen MR) is 80.1 cm³/mol. The third kappa shape index (κ3) is 3.90. The zero-order chi connectivity index (χ0) is 15.2. The topological polar surface area (TPSA) is 92.4 Å². The van der Waals surface area contributed by atoms with Crippen molar-refractivity contribution < 1.29 is 14.7 Å². The zero-order valence-electron chi connectivity index (χ0n) is 11.4. The molecule has 0 saturated carbocycles. The number of carbonyl (C=O) groups is 2. The van der Waals surface area contributed by atoms with Gasteiger partial charge in [0.25, 0.3) is 5.91 Å². The molecular formula is C16H16N2O3. The molecule has 108 valence electrons. The number of hydrogen-bond donors (Lipinski definition) is 3. The van der Waals surface area contributed by atoms with Crippen molar-refractivity contribution in [2.45, 2.75) is 13.0 Å². The molecule has 0 spiro atoms. The molecule has 0 fully saturated rings. The highest BCUT2D eigenvalue weighted by Crippen LogP contribution is 2.17. The molecule has 0 aliphatic heterocycles. The lowest BCUT2D eigenvalue weighted by molar-refractivity contribution is -0.136. The van der Waals surface area contributed by atoms with E-state index in [2.05, 4.69) is 5.32 Å². The summed E-state index contributed by atoms with van der Waals surface area (Å²) in [6.07, 6.45) is -0.136. The summed E-state index contributed by atoms with van der Waals surface area (Å²) < 4.78 is 0. The minimum absolute atomic E-state index is 0.136. The van der Waals surface area contributed by atoms with Crippen LogP contribution in [0, 0.1) is 0 Å². The largest absolute Gasteiger partial charge is 0.481 e. The van der Waals surface area contributed by atoms with Crippen LogP contribution in [0.5, 0.6) is 0 Å². The number of carboxylic acids is 1. The molecular weight excluding hydrogens is 268 g/mol. The minimum atomic E-state index is -0.941. The van der Waals surface area contributed by atoms with Gasteiger partial charge in [-0.15, -0.1) is 0 Å². The highest BCUT2D eigenvalue weighted by molar-refractivity contribution is 6.04. The number of anilines is 1. The van der Waals surface area contributed by atoms with E-state index in [4.69, 9.17) is 10.8 Å². The lowest BCUT2D eigenvalue weighted by Gasteiger charge is -2.10. The summed E-state index contributed by atoms with van der Waals surface area (Å²) in [7, 11) is 0. The standard InChI is InChI=1S/C16H16N2O3/c17-10-11-5-7-12(8-6-11)16(21)18-14-4-2-1-3-13(14)9-15(19)20/h1-8H,9-10,17H2,(H,18,21)(H,19,20). The van der Waals surface area contributed by atoms with Crippen molar-refractivity contribution in [2.24, 2.45) is 5.73 Å². The first-order valence-corrected chi connectivity index (χ1v) is 6.50. The lowest BCUT2D eigenvalue weighted by atomic mass is 10.1. The summed E-state index contributed by atoms with van der Waals surface area (Å²) >= 11 is 0. The molecule has 2 rings (SSSR count). The summed E-state index contributed by atoms with van der Waals surface area (Å²) in [6, 6.07) is 13.8. The van der Waals surface area contributed by atoms with Crippen molar-refractivity contribution >= 4 is 17.6 Å². The lowest BCUT2D eigenvalue weighted by Crippen LogP contribution is -2.14. The number of aliphatic carboxylic acids is 1. The monoisotopic (exact) mass is 284 g/mol. The quantitative estimate of drug-likeness (QED) is 0.783. The van der Waals surface area contributed by atoms with Gasteiger partial charge in [0.05, 0.1) is 6.42 Å².